The summed E-state index contributed by atoms with van der Waals surface area (Å²) in [7, 11) is 0. The lowest BCUT2D eigenvalue weighted by molar-refractivity contribution is 0.0320. The molecule has 0 spiro atoms. The molecule has 0 aliphatic carbocycles. The van der Waals surface area contributed by atoms with Crippen molar-refractivity contribution in [3.63, 3.8) is 0 Å². The highest BCUT2D eigenvalue weighted by molar-refractivity contribution is 6.01. The van der Waals surface area contributed by atoms with Crippen molar-refractivity contribution in [2.24, 2.45) is 0 Å². The number of nitrogens with zero attached hydrogens (tertiary/aromatic N) is 1. The molecule has 0 saturated carbocycles. The molecule has 0 aliphatic rings. The Morgan fingerprint density at radius 1 is 1.14 bits per heavy atom. The third-order valence-electron chi connectivity index (χ3n) is 3.65. The van der Waals surface area contributed by atoms with Crippen LogP contribution in [-0.4, -0.2) is 22.3 Å². The number of hydrogen-bond donors (Lipinski definition) is 1. The minimum atomic E-state index is -0.377. The summed E-state index contributed by atoms with van der Waals surface area (Å²) < 4.78 is 5.50. The van der Waals surface area contributed by atoms with Crippen LogP contribution >= 0.6 is 0 Å². The zero-order valence-electron chi connectivity index (χ0n) is 12.5. The number of hydrogen-bond acceptors (Lipinski definition) is 3. The number of H-pyrrole nitrogens is 1. The van der Waals surface area contributed by atoms with E-state index in [4.69, 9.17) is 4.74 Å². The van der Waals surface area contributed by atoms with Gasteiger partial charge in [-0.05, 0) is 31.4 Å². The van der Waals surface area contributed by atoms with Crippen molar-refractivity contribution in [3.8, 4) is 0 Å². The van der Waals surface area contributed by atoms with Crippen LogP contribution in [0.4, 0.5) is 0 Å². The van der Waals surface area contributed by atoms with Crippen LogP contribution in [0.3, 0.4) is 0 Å². The van der Waals surface area contributed by atoms with Crippen LogP contribution in [0.1, 0.15) is 29.4 Å². The monoisotopic (exact) mass is 294 g/mol. The molecule has 4 nitrogen and oxygen atoms in total. The van der Waals surface area contributed by atoms with Crippen LogP contribution in [0.15, 0.2) is 54.6 Å². The quantitative estimate of drug-likeness (QED) is 0.729. The van der Waals surface area contributed by atoms with Crippen LogP contribution in [-0.2, 0) is 11.2 Å². The SMILES string of the molecule is CC(CCc1ccccc1)OC(=O)c1n[nH]c2ccccc12. The zero-order valence-corrected chi connectivity index (χ0v) is 12.5. The van der Waals surface area contributed by atoms with Gasteiger partial charge < -0.3 is 4.74 Å². The van der Waals surface area contributed by atoms with E-state index < -0.39 is 0 Å². The highest BCUT2D eigenvalue weighted by atomic mass is 16.5. The van der Waals surface area contributed by atoms with E-state index in [2.05, 4.69) is 22.3 Å². The van der Waals surface area contributed by atoms with Gasteiger partial charge in [0.05, 0.1) is 11.6 Å². The van der Waals surface area contributed by atoms with Crippen molar-refractivity contribution in [3.05, 3.63) is 65.9 Å². The van der Waals surface area contributed by atoms with Crippen molar-refractivity contribution in [1.29, 1.82) is 0 Å². The summed E-state index contributed by atoms with van der Waals surface area (Å²) in [6.45, 7) is 1.91. The summed E-state index contributed by atoms with van der Waals surface area (Å²) in [4.78, 5) is 12.2. The molecule has 0 bridgehead atoms. The molecular formula is C18H18N2O2. The van der Waals surface area contributed by atoms with Gasteiger partial charge in [0.15, 0.2) is 5.69 Å². The Labute approximate surface area is 129 Å². The summed E-state index contributed by atoms with van der Waals surface area (Å²) in [5, 5.41) is 7.71. The summed E-state index contributed by atoms with van der Waals surface area (Å²) in [5.41, 5.74) is 2.43. The Kier molecular flexibility index (Phi) is 4.19. The number of carbonyl (C=O) groups is 1. The molecule has 1 aromatic heterocycles. The van der Waals surface area contributed by atoms with Crippen molar-refractivity contribution in [2.45, 2.75) is 25.9 Å². The van der Waals surface area contributed by atoms with Gasteiger partial charge in [0.25, 0.3) is 0 Å². The molecular weight excluding hydrogens is 276 g/mol. The third kappa shape index (κ3) is 3.17. The molecule has 0 radical (unpaired) electrons. The van der Waals surface area contributed by atoms with Crippen molar-refractivity contribution >= 4 is 16.9 Å². The lowest BCUT2D eigenvalue weighted by Crippen LogP contribution is -2.16. The largest absolute Gasteiger partial charge is 0.458 e. The van der Waals surface area contributed by atoms with Gasteiger partial charge in [-0.2, -0.15) is 5.10 Å². The molecule has 2 aromatic carbocycles. The number of aromatic amines is 1. The average Bonchev–Trinajstić information content (AvgIpc) is 2.98. The first-order valence-electron chi connectivity index (χ1n) is 7.42. The number of benzene rings is 2. The number of fused-ring (bicyclic) bond motifs is 1. The third-order valence-corrected chi connectivity index (χ3v) is 3.65. The molecule has 0 aliphatic heterocycles. The number of aromatic nitrogens is 2. The Bertz CT molecular complexity index is 765. The average molecular weight is 294 g/mol. The first-order valence-corrected chi connectivity index (χ1v) is 7.42. The summed E-state index contributed by atoms with van der Waals surface area (Å²) in [6.07, 6.45) is 1.53. The van der Waals surface area contributed by atoms with Crippen molar-refractivity contribution in [1.82, 2.24) is 10.2 Å². The molecule has 1 unspecified atom stereocenters. The number of carbonyl (C=O) groups excluding carboxylic acids is 1. The van der Waals surface area contributed by atoms with E-state index in [1.807, 2.05) is 49.4 Å². The Morgan fingerprint density at radius 2 is 1.86 bits per heavy atom. The maximum Gasteiger partial charge on any atom is 0.359 e. The molecule has 1 N–H and O–H groups in total. The second-order valence-corrected chi connectivity index (χ2v) is 5.36. The highest BCUT2D eigenvalue weighted by Gasteiger charge is 2.17. The molecule has 3 rings (SSSR count). The van der Waals surface area contributed by atoms with E-state index in [-0.39, 0.29) is 12.1 Å². The predicted molar refractivity (Wildman–Crippen MR) is 85.7 cm³/mol. The minimum Gasteiger partial charge on any atom is -0.458 e. The number of aryl methyl sites for hydroxylation is 1. The fourth-order valence-corrected chi connectivity index (χ4v) is 2.43. The van der Waals surface area contributed by atoms with E-state index in [0.29, 0.717) is 5.69 Å². The van der Waals surface area contributed by atoms with Gasteiger partial charge >= 0.3 is 5.97 Å². The summed E-state index contributed by atoms with van der Waals surface area (Å²) >= 11 is 0. The van der Waals surface area contributed by atoms with Crippen LogP contribution < -0.4 is 0 Å². The van der Waals surface area contributed by atoms with Gasteiger partial charge in [-0.1, -0.05) is 48.5 Å². The fourth-order valence-electron chi connectivity index (χ4n) is 2.43. The molecule has 0 saturated heterocycles. The van der Waals surface area contributed by atoms with Gasteiger partial charge in [-0.25, -0.2) is 4.79 Å². The van der Waals surface area contributed by atoms with Crippen LogP contribution in [0.25, 0.3) is 10.9 Å². The first kappa shape index (κ1) is 14.3. The maximum absolute atomic E-state index is 12.2. The standard InChI is InChI=1S/C18H18N2O2/c1-13(11-12-14-7-3-2-4-8-14)22-18(21)17-15-9-5-6-10-16(15)19-20-17/h2-10,13H,11-12H2,1H3,(H,19,20). The Balaban J connectivity index is 1.61. The second kappa shape index (κ2) is 6.43. The van der Waals surface area contributed by atoms with Gasteiger partial charge in [0, 0.05) is 5.39 Å². The van der Waals surface area contributed by atoms with Crippen LogP contribution in [0, 0.1) is 0 Å². The molecule has 3 aromatic rings. The predicted octanol–water partition coefficient (Wildman–Crippen LogP) is 3.74. The molecule has 1 atom stereocenters. The van der Waals surface area contributed by atoms with E-state index in [1.165, 1.54) is 5.56 Å². The maximum atomic E-state index is 12.2. The zero-order chi connectivity index (χ0) is 15.4. The topological polar surface area (TPSA) is 55.0 Å². The molecule has 112 valence electrons. The van der Waals surface area contributed by atoms with Crippen molar-refractivity contribution < 1.29 is 9.53 Å². The van der Waals surface area contributed by atoms with E-state index >= 15 is 0 Å². The highest BCUT2D eigenvalue weighted by Crippen LogP contribution is 2.17. The molecule has 4 heteroatoms. The van der Waals surface area contributed by atoms with Crippen LogP contribution in [0.2, 0.25) is 0 Å². The van der Waals surface area contributed by atoms with Gasteiger partial charge in [0.1, 0.15) is 0 Å². The van der Waals surface area contributed by atoms with Crippen LogP contribution in [0.5, 0.6) is 0 Å². The fraction of sp³-hybridized carbons (Fsp3) is 0.222. The van der Waals surface area contributed by atoms with E-state index in [9.17, 15) is 4.79 Å². The lowest BCUT2D eigenvalue weighted by Gasteiger charge is -2.12. The number of nitrogens with one attached hydrogen (secondary N) is 1. The smallest absolute Gasteiger partial charge is 0.359 e. The normalized spacial score (nSPS) is 12.2. The van der Waals surface area contributed by atoms with Gasteiger partial charge in [-0.3, -0.25) is 5.10 Å². The van der Waals surface area contributed by atoms with Gasteiger partial charge in [-0.15, -0.1) is 0 Å². The molecule has 1 heterocycles. The number of para-hydroxylation sites is 1. The number of rotatable bonds is 5. The van der Waals surface area contributed by atoms with Gasteiger partial charge in [0.2, 0.25) is 0 Å². The van der Waals surface area contributed by atoms with Crippen molar-refractivity contribution in [2.75, 3.05) is 0 Å². The summed E-state index contributed by atoms with van der Waals surface area (Å²) in [5.74, 6) is -0.377. The van der Waals surface area contributed by atoms with E-state index in [1.54, 1.807) is 0 Å². The number of esters is 1. The van der Waals surface area contributed by atoms with E-state index in [0.717, 1.165) is 23.7 Å². The molecule has 0 fully saturated rings. The minimum absolute atomic E-state index is 0.150. The Hall–Kier alpha value is -2.62. The summed E-state index contributed by atoms with van der Waals surface area (Å²) in [6, 6.07) is 17.7. The Morgan fingerprint density at radius 3 is 2.68 bits per heavy atom. The molecule has 22 heavy (non-hydrogen) atoms. The first-order chi connectivity index (χ1) is 10.7. The molecule has 0 amide bonds. The lowest BCUT2D eigenvalue weighted by atomic mass is 10.1. The second-order valence-electron chi connectivity index (χ2n) is 5.36. The number of ether oxygens (including phenoxy) is 1.